The van der Waals surface area contributed by atoms with Gasteiger partial charge < -0.3 is 9.47 Å². The molecule has 2 aliphatic rings. The number of carbonyl (C=O) groups is 4. The first kappa shape index (κ1) is 25.9. The van der Waals surface area contributed by atoms with Crippen molar-refractivity contribution in [3.63, 3.8) is 0 Å². The van der Waals surface area contributed by atoms with Crippen molar-refractivity contribution in [1.29, 1.82) is 0 Å². The third-order valence-electron chi connectivity index (χ3n) is 5.83. The molecule has 4 rings (SSSR count). The highest BCUT2D eigenvalue weighted by molar-refractivity contribution is 6.07. The van der Waals surface area contributed by atoms with E-state index in [9.17, 15) is 36.7 Å². The van der Waals surface area contributed by atoms with Gasteiger partial charge in [0.25, 0.3) is 0 Å². The highest BCUT2D eigenvalue weighted by atomic mass is 19.4. The average Bonchev–Trinajstić information content (AvgIpc) is 2.81. The molecule has 0 radical (unpaired) electrons. The first-order valence-corrected chi connectivity index (χ1v) is 11.1. The molecule has 1 atom stereocenters. The average molecular weight is 520 g/mol. The molecule has 1 heterocycles. The number of allylic oxidation sites excluding steroid dienone is 2. The summed E-state index contributed by atoms with van der Waals surface area (Å²) in [7, 11) is 0. The zero-order chi connectivity index (χ0) is 26.7. The molecule has 2 aromatic carbocycles. The van der Waals surface area contributed by atoms with Crippen LogP contribution in [0.4, 0.5) is 28.0 Å². The fraction of sp³-hybridized carbons (Fsp3) is 0.280. The van der Waals surface area contributed by atoms with Crippen LogP contribution in [0.25, 0.3) is 0 Å². The zero-order valence-electron chi connectivity index (χ0n) is 19.1. The van der Waals surface area contributed by atoms with E-state index in [0.29, 0.717) is 42.5 Å². The predicted molar refractivity (Wildman–Crippen MR) is 120 cm³/mol. The van der Waals surface area contributed by atoms with Crippen molar-refractivity contribution in [2.45, 2.75) is 38.7 Å². The Bertz CT molecular complexity index is 1300. The zero-order valence-corrected chi connectivity index (χ0v) is 19.1. The smallest absolute Gasteiger partial charge is 0.444 e. The number of hydrogen-bond donors (Lipinski definition) is 2. The molecule has 3 amide bonds. The second-order valence-corrected chi connectivity index (χ2v) is 8.58. The molecule has 12 heteroatoms. The van der Waals surface area contributed by atoms with E-state index in [1.165, 1.54) is 6.08 Å². The Morgan fingerprint density at radius 2 is 1.89 bits per heavy atom. The molecular formula is C25H20F4N2O6. The minimum Gasteiger partial charge on any atom is -0.444 e. The molecule has 2 N–H and O–H groups in total. The minimum atomic E-state index is -4.99. The number of piperidine rings is 1. The molecule has 1 aliphatic heterocycles. The van der Waals surface area contributed by atoms with Gasteiger partial charge in [0.15, 0.2) is 5.78 Å². The molecular weight excluding hydrogens is 500 g/mol. The van der Waals surface area contributed by atoms with Crippen molar-refractivity contribution in [3.8, 4) is 5.75 Å². The second-order valence-electron chi connectivity index (χ2n) is 8.58. The maximum atomic E-state index is 13.9. The van der Waals surface area contributed by atoms with Gasteiger partial charge in [-0.2, -0.15) is 0 Å². The molecule has 0 saturated carbocycles. The lowest BCUT2D eigenvalue weighted by Gasteiger charge is -2.24. The number of ether oxygens (including phenoxy) is 2. The van der Waals surface area contributed by atoms with E-state index in [2.05, 4.69) is 10.1 Å². The van der Waals surface area contributed by atoms with E-state index in [0.717, 1.165) is 17.2 Å². The maximum absolute atomic E-state index is 13.9. The number of nitrogens with one attached hydrogen (secondary N) is 2. The number of carbonyl (C=O) groups excluding carboxylic acids is 4. The predicted octanol–water partition coefficient (Wildman–Crippen LogP) is 4.58. The Morgan fingerprint density at radius 3 is 2.62 bits per heavy atom. The Morgan fingerprint density at radius 1 is 1.11 bits per heavy atom. The van der Waals surface area contributed by atoms with E-state index in [1.54, 1.807) is 18.2 Å². The van der Waals surface area contributed by atoms with Gasteiger partial charge in [-0.3, -0.25) is 25.0 Å². The van der Waals surface area contributed by atoms with Crippen LogP contribution in [0.2, 0.25) is 0 Å². The lowest BCUT2D eigenvalue weighted by atomic mass is 9.83. The van der Waals surface area contributed by atoms with Crippen molar-refractivity contribution in [1.82, 2.24) is 5.32 Å². The molecule has 1 fully saturated rings. The molecule has 194 valence electrons. The summed E-state index contributed by atoms with van der Waals surface area (Å²) in [5.74, 6) is -3.03. The van der Waals surface area contributed by atoms with Crippen LogP contribution in [-0.2, 0) is 27.4 Å². The molecule has 0 bridgehead atoms. The number of benzene rings is 2. The van der Waals surface area contributed by atoms with Gasteiger partial charge in [0, 0.05) is 24.0 Å². The fourth-order valence-corrected chi connectivity index (χ4v) is 4.13. The largest absolute Gasteiger partial charge is 0.573 e. The summed E-state index contributed by atoms with van der Waals surface area (Å²) >= 11 is 0. The lowest BCUT2D eigenvalue weighted by Crippen LogP contribution is -2.41. The number of ketones is 1. The van der Waals surface area contributed by atoms with Gasteiger partial charge in [0.1, 0.15) is 18.2 Å². The summed E-state index contributed by atoms with van der Waals surface area (Å²) in [6.07, 6.45) is -3.17. The van der Waals surface area contributed by atoms with E-state index < -0.39 is 29.7 Å². The van der Waals surface area contributed by atoms with Crippen LogP contribution in [0.5, 0.6) is 5.75 Å². The van der Waals surface area contributed by atoms with Crippen LogP contribution in [0.1, 0.15) is 40.7 Å². The molecule has 8 nitrogen and oxygen atoms in total. The van der Waals surface area contributed by atoms with Crippen LogP contribution < -0.4 is 15.4 Å². The summed E-state index contributed by atoms with van der Waals surface area (Å²) in [6, 6.07) is 7.00. The first-order valence-electron chi connectivity index (χ1n) is 11.1. The maximum Gasteiger partial charge on any atom is 0.573 e. The summed E-state index contributed by atoms with van der Waals surface area (Å²) < 4.78 is 59.7. The van der Waals surface area contributed by atoms with Gasteiger partial charge in [-0.1, -0.05) is 17.7 Å². The number of alkyl halides is 3. The van der Waals surface area contributed by atoms with Crippen molar-refractivity contribution < 1.29 is 46.2 Å². The van der Waals surface area contributed by atoms with Crippen LogP contribution in [0.3, 0.4) is 0 Å². The third-order valence-corrected chi connectivity index (χ3v) is 5.83. The van der Waals surface area contributed by atoms with E-state index in [1.807, 2.05) is 5.32 Å². The number of halogens is 4. The van der Waals surface area contributed by atoms with Gasteiger partial charge in [-0.05, 0) is 54.7 Å². The Balaban J connectivity index is 1.35. The molecule has 1 aliphatic carbocycles. The van der Waals surface area contributed by atoms with Crippen molar-refractivity contribution in [3.05, 3.63) is 70.6 Å². The van der Waals surface area contributed by atoms with Gasteiger partial charge in [-0.15, -0.1) is 13.2 Å². The number of imide groups is 1. The fourth-order valence-electron chi connectivity index (χ4n) is 4.13. The van der Waals surface area contributed by atoms with Gasteiger partial charge in [-0.25, -0.2) is 9.18 Å². The third kappa shape index (κ3) is 6.72. The standard InChI is InChI=1S/C25H20F4N2O6/c26-19-5-4-17(37-25(27,28)29)11-20(19)30-24(35)36-12-13-1-2-15-7-14(10-21(32)18(15)9-13)8-16-3-6-22(33)31-23(16)34/h1-2,4-5,9-11,16H,3,6-8,12H2,(H,30,35)(H,31,33,34). The minimum absolute atomic E-state index is 0.255. The highest BCUT2D eigenvalue weighted by Crippen LogP contribution is 2.30. The number of anilines is 1. The summed E-state index contributed by atoms with van der Waals surface area (Å²) in [5.41, 5.74) is 1.79. The van der Waals surface area contributed by atoms with Crippen molar-refractivity contribution in [2.24, 2.45) is 5.92 Å². The summed E-state index contributed by atoms with van der Waals surface area (Å²) in [5, 5.41) is 4.32. The first-order chi connectivity index (χ1) is 17.5. The Labute approximate surface area is 207 Å². The molecule has 37 heavy (non-hydrogen) atoms. The van der Waals surface area contributed by atoms with E-state index in [-0.39, 0.29) is 36.5 Å². The van der Waals surface area contributed by atoms with Gasteiger partial charge in [0.2, 0.25) is 11.8 Å². The topological polar surface area (TPSA) is 111 Å². The molecule has 1 unspecified atom stereocenters. The summed E-state index contributed by atoms with van der Waals surface area (Å²) in [4.78, 5) is 48.1. The van der Waals surface area contributed by atoms with Gasteiger partial charge in [0.05, 0.1) is 5.69 Å². The number of amides is 3. The van der Waals surface area contributed by atoms with Crippen LogP contribution in [-0.4, -0.2) is 30.1 Å². The van der Waals surface area contributed by atoms with Crippen LogP contribution in [0.15, 0.2) is 48.0 Å². The Kier molecular flexibility index (Phi) is 7.28. The van der Waals surface area contributed by atoms with E-state index in [4.69, 9.17) is 4.74 Å². The highest BCUT2D eigenvalue weighted by Gasteiger charge is 2.31. The van der Waals surface area contributed by atoms with E-state index >= 15 is 0 Å². The number of fused-ring (bicyclic) bond motifs is 1. The lowest BCUT2D eigenvalue weighted by molar-refractivity contribution is -0.274. The quantitative estimate of drug-likeness (QED) is 0.426. The van der Waals surface area contributed by atoms with Crippen LogP contribution in [0, 0.1) is 11.7 Å². The van der Waals surface area contributed by atoms with Gasteiger partial charge >= 0.3 is 12.5 Å². The number of rotatable bonds is 6. The normalized spacial score (nSPS) is 17.5. The SMILES string of the molecule is O=C1CCC(CC2=CC(=O)c3cc(COC(=O)Nc4cc(OC(F)(F)F)ccc4F)ccc3C2)C(=O)N1. The summed E-state index contributed by atoms with van der Waals surface area (Å²) in [6.45, 7) is -0.292. The van der Waals surface area contributed by atoms with Crippen molar-refractivity contribution >= 4 is 29.4 Å². The monoisotopic (exact) mass is 520 g/mol. The molecule has 1 saturated heterocycles. The van der Waals surface area contributed by atoms with Crippen molar-refractivity contribution in [2.75, 3.05) is 5.32 Å². The molecule has 2 aromatic rings. The number of hydrogen-bond acceptors (Lipinski definition) is 6. The Hall–Kier alpha value is -4.22. The molecule has 0 spiro atoms. The molecule has 0 aromatic heterocycles. The van der Waals surface area contributed by atoms with Crippen LogP contribution >= 0.6 is 0 Å². The second kappa shape index (κ2) is 10.4.